The average molecular weight is 200 g/mol. The molecule has 0 saturated heterocycles. The number of hydrogen-bond donors (Lipinski definition) is 1. The van der Waals surface area contributed by atoms with E-state index in [9.17, 15) is 5.11 Å². The maximum atomic E-state index is 9.35. The van der Waals surface area contributed by atoms with E-state index in [2.05, 4.69) is 0 Å². The van der Waals surface area contributed by atoms with Gasteiger partial charge >= 0.3 is 0 Å². The van der Waals surface area contributed by atoms with Gasteiger partial charge in [-0.3, -0.25) is 0 Å². The highest BCUT2D eigenvalue weighted by Crippen LogP contribution is 2.25. The van der Waals surface area contributed by atoms with Gasteiger partial charge in [-0.25, -0.2) is 0 Å². The van der Waals surface area contributed by atoms with Crippen LogP contribution in [0, 0.1) is 6.92 Å². The molecule has 0 unspecified atom stereocenters. The second-order valence-electron chi connectivity index (χ2n) is 3.36. The minimum atomic E-state index is 0.287. The van der Waals surface area contributed by atoms with E-state index in [0.29, 0.717) is 0 Å². The lowest BCUT2D eigenvalue weighted by Crippen LogP contribution is -1.84. The lowest BCUT2D eigenvalue weighted by molar-refractivity contribution is 0.460. The Kier molecular flexibility index (Phi) is 2.59. The van der Waals surface area contributed by atoms with Crippen LogP contribution in [0.15, 0.2) is 48.5 Å². The summed E-state index contributed by atoms with van der Waals surface area (Å²) in [5, 5.41) is 9.35. The fourth-order valence-corrected chi connectivity index (χ4v) is 1.32. The predicted molar refractivity (Wildman–Crippen MR) is 59.4 cm³/mol. The molecule has 0 atom stereocenters. The van der Waals surface area contributed by atoms with Gasteiger partial charge in [-0.05, 0) is 42.8 Å². The molecule has 2 heteroatoms. The largest absolute Gasteiger partial charge is 0.508 e. The van der Waals surface area contributed by atoms with E-state index < -0.39 is 0 Å². The molecule has 0 saturated carbocycles. The van der Waals surface area contributed by atoms with Crippen LogP contribution >= 0.6 is 0 Å². The van der Waals surface area contributed by atoms with Crippen LogP contribution in [-0.2, 0) is 0 Å². The summed E-state index contributed by atoms with van der Waals surface area (Å²) in [7, 11) is 0. The van der Waals surface area contributed by atoms with Crippen molar-refractivity contribution in [2.75, 3.05) is 0 Å². The van der Waals surface area contributed by atoms with E-state index in [-0.39, 0.29) is 5.75 Å². The molecule has 0 radical (unpaired) electrons. The van der Waals surface area contributed by atoms with Gasteiger partial charge in [0.1, 0.15) is 17.2 Å². The van der Waals surface area contributed by atoms with Crippen molar-refractivity contribution < 1.29 is 9.84 Å². The number of benzene rings is 2. The zero-order valence-electron chi connectivity index (χ0n) is 8.47. The summed E-state index contributed by atoms with van der Waals surface area (Å²) >= 11 is 0. The first-order chi connectivity index (χ1) is 7.25. The molecule has 2 aromatic rings. The zero-order valence-corrected chi connectivity index (χ0v) is 8.47. The number of phenols is 1. The normalized spacial score (nSPS) is 9.93. The maximum absolute atomic E-state index is 9.35. The summed E-state index contributed by atoms with van der Waals surface area (Å²) < 4.78 is 5.60. The number of rotatable bonds is 2. The number of para-hydroxylation sites is 1. The van der Waals surface area contributed by atoms with Crippen molar-refractivity contribution in [2.24, 2.45) is 0 Å². The van der Waals surface area contributed by atoms with Crippen molar-refractivity contribution in [1.29, 1.82) is 0 Å². The van der Waals surface area contributed by atoms with E-state index in [1.807, 2.05) is 43.3 Å². The van der Waals surface area contributed by atoms with Gasteiger partial charge in [0, 0.05) is 0 Å². The van der Waals surface area contributed by atoms with E-state index in [1.54, 1.807) is 12.1 Å². The van der Waals surface area contributed by atoms with Gasteiger partial charge in [-0.1, -0.05) is 18.2 Å². The molecule has 2 nitrogen and oxygen atoms in total. The fraction of sp³-hybridized carbons (Fsp3) is 0.0769. The first-order valence-corrected chi connectivity index (χ1v) is 4.78. The van der Waals surface area contributed by atoms with Crippen LogP contribution < -0.4 is 4.74 Å². The van der Waals surface area contributed by atoms with Crippen molar-refractivity contribution in [1.82, 2.24) is 0 Å². The standard InChI is InChI=1S/C13H12O2/c1-10-9-12(7-8-13(10)14)15-11-5-3-2-4-6-11/h2-9,14H,1H3. The molecule has 76 valence electrons. The van der Waals surface area contributed by atoms with Crippen molar-refractivity contribution in [2.45, 2.75) is 6.92 Å². The van der Waals surface area contributed by atoms with Gasteiger partial charge in [-0.2, -0.15) is 0 Å². The van der Waals surface area contributed by atoms with Gasteiger partial charge in [0.15, 0.2) is 0 Å². The Morgan fingerprint density at radius 2 is 1.67 bits per heavy atom. The molecule has 0 aromatic heterocycles. The van der Waals surface area contributed by atoms with E-state index in [0.717, 1.165) is 17.1 Å². The summed E-state index contributed by atoms with van der Waals surface area (Å²) in [5.41, 5.74) is 0.809. The molecule has 1 N–H and O–H groups in total. The molecule has 0 heterocycles. The second-order valence-corrected chi connectivity index (χ2v) is 3.36. The van der Waals surface area contributed by atoms with Gasteiger partial charge in [0.2, 0.25) is 0 Å². The molecule has 0 fully saturated rings. The van der Waals surface area contributed by atoms with E-state index in [4.69, 9.17) is 4.74 Å². The minimum Gasteiger partial charge on any atom is -0.508 e. The first kappa shape index (κ1) is 9.59. The lowest BCUT2D eigenvalue weighted by Gasteiger charge is -2.06. The van der Waals surface area contributed by atoms with Crippen molar-refractivity contribution in [3.63, 3.8) is 0 Å². The highest BCUT2D eigenvalue weighted by Gasteiger charge is 1.99. The third-order valence-electron chi connectivity index (χ3n) is 2.15. The van der Waals surface area contributed by atoms with Crippen LogP contribution in [0.4, 0.5) is 0 Å². The summed E-state index contributed by atoms with van der Waals surface area (Å²) in [6, 6.07) is 14.7. The van der Waals surface area contributed by atoms with Gasteiger partial charge < -0.3 is 9.84 Å². The van der Waals surface area contributed by atoms with Crippen LogP contribution in [0.3, 0.4) is 0 Å². The van der Waals surface area contributed by atoms with Crippen molar-refractivity contribution in [3.05, 3.63) is 54.1 Å². The molecular weight excluding hydrogens is 188 g/mol. The molecule has 2 aromatic carbocycles. The number of hydrogen-bond acceptors (Lipinski definition) is 2. The van der Waals surface area contributed by atoms with Crippen molar-refractivity contribution >= 4 is 0 Å². The number of phenolic OH excluding ortho intramolecular Hbond substituents is 1. The first-order valence-electron chi connectivity index (χ1n) is 4.78. The molecule has 0 aliphatic rings. The number of aromatic hydroxyl groups is 1. The summed E-state index contributed by atoms with van der Waals surface area (Å²) in [5.74, 6) is 1.81. The molecule has 0 aliphatic carbocycles. The highest BCUT2D eigenvalue weighted by molar-refractivity contribution is 5.40. The summed E-state index contributed by atoms with van der Waals surface area (Å²) in [6.45, 7) is 1.84. The Morgan fingerprint density at radius 3 is 2.33 bits per heavy atom. The molecular formula is C13H12O2. The zero-order chi connectivity index (χ0) is 10.7. The smallest absolute Gasteiger partial charge is 0.127 e. The maximum Gasteiger partial charge on any atom is 0.127 e. The predicted octanol–water partition coefficient (Wildman–Crippen LogP) is 3.49. The third-order valence-corrected chi connectivity index (χ3v) is 2.15. The van der Waals surface area contributed by atoms with Gasteiger partial charge in [0.05, 0.1) is 0 Å². The lowest BCUT2D eigenvalue weighted by atomic mass is 10.2. The Bertz CT molecular complexity index is 449. The van der Waals surface area contributed by atoms with Crippen LogP contribution in [0.2, 0.25) is 0 Å². The number of ether oxygens (including phenoxy) is 1. The van der Waals surface area contributed by atoms with Crippen molar-refractivity contribution in [3.8, 4) is 17.2 Å². The van der Waals surface area contributed by atoms with E-state index >= 15 is 0 Å². The third kappa shape index (κ3) is 2.29. The Hall–Kier alpha value is -1.96. The quantitative estimate of drug-likeness (QED) is 0.804. The summed E-state index contributed by atoms with van der Waals surface area (Å²) in [4.78, 5) is 0. The van der Waals surface area contributed by atoms with Crippen LogP contribution in [0.25, 0.3) is 0 Å². The van der Waals surface area contributed by atoms with Gasteiger partial charge in [-0.15, -0.1) is 0 Å². The molecule has 0 spiro atoms. The van der Waals surface area contributed by atoms with Gasteiger partial charge in [0.25, 0.3) is 0 Å². The molecule has 2 rings (SSSR count). The highest BCUT2D eigenvalue weighted by atomic mass is 16.5. The average Bonchev–Trinajstić information content (AvgIpc) is 2.25. The molecule has 0 aliphatic heterocycles. The molecule has 0 bridgehead atoms. The van der Waals surface area contributed by atoms with E-state index in [1.165, 1.54) is 0 Å². The Balaban J connectivity index is 2.22. The minimum absolute atomic E-state index is 0.287. The van der Waals surface area contributed by atoms with Crippen LogP contribution in [0.5, 0.6) is 17.2 Å². The SMILES string of the molecule is Cc1cc(Oc2ccccc2)ccc1O. The second kappa shape index (κ2) is 4.05. The Morgan fingerprint density at radius 1 is 0.933 bits per heavy atom. The molecule has 15 heavy (non-hydrogen) atoms. The molecule has 0 amide bonds. The van der Waals surface area contributed by atoms with Crippen LogP contribution in [-0.4, -0.2) is 5.11 Å². The topological polar surface area (TPSA) is 29.5 Å². The number of aryl methyl sites for hydroxylation is 1. The summed E-state index contributed by atoms with van der Waals surface area (Å²) in [6.07, 6.45) is 0. The van der Waals surface area contributed by atoms with Crippen LogP contribution in [0.1, 0.15) is 5.56 Å². The Labute approximate surface area is 88.8 Å². The monoisotopic (exact) mass is 200 g/mol. The fourth-order valence-electron chi connectivity index (χ4n) is 1.32.